The molecule has 0 atom stereocenters. The van der Waals surface area contributed by atoms with Gasteiger partial charge in [0.2, 0.25) is 0 Å². The van der Waals surface area contributed by atoms with Crippen LogP contribution < -0.4 is 4.74 Å². The first-order valence-corrected chi connectivity index (χ1v) is 11.7. The molecule has 1 saturated carbocycles. The largest absolute Gasteiger partial charge is 0.490 e. The Labute approximate surface area is 154 Å². The highest BCUT2D eigenvalue weighted by Crippen LogP contribution is 2.25. The van der Waals surface area contributed by atoms with Crippen molar-refractivity contribution in [3.05, 3.63) is 29.8 Å². The van der Waals surface area contributed by atoms with E-state index < -0.39 is 9.84 Å². The van der Waals surface area contributed by atoms with E-state index in [-0.39, 0.29) is 5.25 Å². The first-order valence-electron chi connectivity index (χ1n) is 9.94. The number of benzene rings is 1. The standard InChI is InChI=1S/C21H34O3S/c1-18(2)25(22,23)16-9-5-3-4-6-11-19-12-10-15-21(17-19)24-20-13-7-8-14-20/h10,12,15,17-18,20H,3-9,11,13-14,16H2,1-2H3. The van der Waals surface area contributed by atoms with Gasteiger partial charge in [-0.3, -0.25) is 0 Å². The lowest BCUT2D eigenvalue weighted by Crippen LogP contribution is -2.17. The predicted octanol–water partition coefficient (Wildman–Crippen LogP) is 5.32. The van der Waals surface area contributed by atoms with Crippen molar-refractivity contribution in [1.82, 2.24) is 0 Å². The second-order valence-corrected chi connectivity index (χ2v) is 10.3. The summed E-state index contributed by atoms with van der Waals surface area (Å²) in [6, 6.07) is 8.53. The summed E-state index contributed by atoms with van der Waals surface area (Å²) in [5, 5.41) is -0.244. The summed E-state index contributed by atoms with van der Waals surface area (Å²) >= 11 is 0. The molecule has 0 aliphatic heterocycles. The Bertz CT molecular complexity index is 601. The molecule has 25 heavy (non-hydrogen) atoms. The molecule has 3 nitrogen and oxygen atoms in total. The van der Waals surface area contributed by atoms with Crippen LogP contribution in [-0.4, -0.2) is 25.5 Å². The van der Waals surface area contributed by atoms with Crippen molar-refractivity contribution in [2.24, 2.45) is 0 Å². The minimum atomic E-state index is -2.86. The van der Waals surface area contributed by atoms with Crippen LogP contribution >= 0.6 is 0 Å². The van der Waals surface area contributed by atoms with Crippen molar-refractivity contribution in [3.8, 4) is 5.75 Å². The van der Waals surface area contributed by atoms with Gasteiger partial charge in [0.1, 0.15) is 5.75 Å². The van der Waals surface area contributed by atoms with Gasteiger partial charge >= 0.3 is 0 Å². The quantitative estimate of drug-likeness (QED) is 0.498. The van der Waals surface area contributed by atoms with Gasteiger partial charge in [0.05, 0.1) is 17.1 Å². The number of ether oxygens (including phenoxy) is 1. The zero-order valence-electron chi connectivity index (χ0n) is 15.9. The lowest BCUT2D eigenvalue weighted by atomic mass is 10.1. The van der Waals surface area contributed by atoms with Crippen molar-refractivity contribution in [2.45, 2.75) is 89.4 Å². The Balaban J connectivity index is 1.60. The molecule has 1 fully saturated rings. The molecule has 1 aliphatic carbocycles. The summed E-state index contributed by atoms with van der Waals surface area (Å²) in [4.78, 5) is 0. The molecule has 0 heterocycles. The van der Waals surface area contributed by atoms with Crippen LogP contribution in [0.15, 0.2) is 24.3 Å². The second-order valence-electron chi connectivity index (χ2n) is 7.61. The Morgan fingerprint density at radius 2 is 1.72 bits per heavy atom. The minimum absolute atomic E-state index is 0.244. The van der Waals surface area contributed by atoms with E-state index in [9.17, 15) is 8.42 Å². The Hall–Kier alpha value is -1.03. The number of unbranched alkanes of at least 4 members (excludes halogenated alkanes) is 4. The van der Waals surface area contributed by atoms with Gasteiger partial charge in [-0.15, -0.1) is 0 Å². The van der Waals surface area contributed by atoms with Gasteiger partial charge in [0, 0.05) is 0 Å². The molecule has 0 radical (unpaired) electrons. The van der Waals surface area contributed by atoms with Gasteiger partial charge in [-0.2, -0.15) is 0 Å². The first kappa shape index (κ1) is 20.3. The fourth-order valence-corrected chi connectivity index (χ4v) is 4.45. The van der Waals surface area contributed by atoms with E-state index in [0.29, 0.717) is 11.9 Å². The Morgan fingerprint density at radius 3 is 2.44 bits per heavy atom. The number of rotatable bonds is 11. The zero-order valence-corrected chi connectivity index (χ0v) is 16.7. The topological polar surface area (TPSA) is 43.4 Å². The third-order valence-corrected chi connectivity index (χ3v) is 7.41. The SMILES string of the molecule is CC(C)S(=O)(=O)CCCCCCCc1cccc(OC2CCCC2)c1. The molecule has 4 heteroatoms. The first-order chi connectivity index (χ1) is 12.0. The van der Waals surface area contributed by atoms with E-state index in [2.05, 4.69) is 24.3 Å². The summed E-state index contributed by atoms with van der Waals surface area (Å²) in [7, 11) is -2.86. The molecule has 0 aromatic heterocycles. The van der Waals surface area contributed by atoms with Crippen LogP contribution in [0.2, 0.25) is 0 Å². The van der Waals surface area contributed by atoms with Crippen LogP contribution in [0, 0.1) is 0 Å². The van der Waals surface area contributed by atoms with Gasteiger partial charge in [0.25, 0.3) is 0 Å². The van der Waals surface area contributed by atoms with E-state index in [1.807, 2.05) is 0 Å². The highest BCUT2D eigenvalue weighted by atomic mass is 32.2. The van der Waals surface area contributed by atoms with E-state index in [1.54, 1.807) is 13.8 Å². The summed E-state index contributed by atoms with van der Waals surface area (Å²) in [5.74, 6) is 1.36. The maximum absolute atomic E-state index is 11.7. The van der Waals surface area contributed by atoms with Crippen molar-refractivity contribution in [3.63, 3.8) is 0 Å². The fraction of sp³-hybridized carbons (Fsp3) is 0.714. The molecule has 1 aliphatic rings. The third kappa shape index (κ3) is 7.39. The van der Waals surface area contributed by atoms with Gasteiger partial charge < -0.3 is 4.74 Å². The smallest absolute Gasteiger partial charge is 0.152 e. The monoisotopic (exact) mass is 366 g/mol. The van der Waals surface area contributed by atoms with E-state index >= 15 is 0 Å². The van der Waals surface area contributed by atoms with Crippen LogP contribution in [0.1, 0.15) is 77.2 Å². The van der Waals surface area contributed by atoms with Gasteiger partial charge in [0.15, 0.2) is 9.84 Å². The predicted molar refractivity (Wildman–Crippen MR) is 105 cm³/mol. The van der Waals surface area contributed by atoms with E-state index in [0.717, 1.165) is 44.3 Å². The molecule has 0 spiro atoms. The van der Waals surface area contributed by atoms with Crippen LogP contribution in [-0.2, 0) is 16.3 Å². The average Bonchev–Trinajstić information content (AvgIpc) is 3.07. The van der Waals surface area contributed by atoms with Crippen molar-refractivity contribution < 1.29 is 13.2 Å². The number of hydrogen-bond donors (Lipinski definition) is 0. The van der Waals surface area contributed by atoms with Crippen molar-refractivity contribution in [2.75, 3.05) is 5.75 Å². The summed E-state index contributed by atoms with van der Waals surface area (Å²) in [5.41, 5.74) is 1.35. The molecule has 0 unspecified atom stereocenters. The van der Waals surface area contributed by atoms with Crippen LogP contribution in [0.4, 0.5) is 0 Å². The molecule has 142 valence electrons. The van der Waals surface area contributed by atoms with E-state index in [4.69, 9.17) is 4.74 Å². The van der Waals surface area contributed by atoms with Crippen LogP contribution in [0.3, 0.4) is 0 Å². The normalized spacial score (nSPS) is 15.8. The van der Waals surface area contributed by atoms with Gasteiger partial charge in [-0.1, -0.05) is 31.4 Å². The van der Waals surface area contributed by atoms with Gasteiger partial charge in [-0.05, 0) is 76.5 Å². The van der Waals surface area contributed by atoms with Crippen molar-refractivity contribution >= 4 is 9.84 Å². The molecule has 0 saturated heterocycles. The van der Waals surface area contributed by atoms with Crippen molar-refractivity contribution in [1.29, 1.82) is 0 Å². The molecule has 0 amide bonds. The minimum Gasteiger partial charge on any atom is -0.490 e. The Kier molecular flexibility index (Phi) is 8.28. The van der Waals surface area contributed by atoms with Crippen LogP contribution in [0.25, 0.3) is 0 Å². The zero-order chi connectivity index (χ0) is 18.1. The number of sulfone groups is 1. The number of hydrogen-bond acceptors (Lipinski definition) is 3. The second kappa shape index (κ2) is 10.2. The fourth-order valence-electron chi connectivity index (χ4n) is 3.37. The molecular formula is C21H34O3S. The highest BCUT2D eigenvalue weighted by Gasteiger charge is 2.16. The average molecular weight is 367 g/mol. The lowest BCUT2D eigenvalue weighted by molar-refractivity contribution is 0.210. The van der Waals surface area contributed by atoms with Gasteiger partial charge in [-0.25, -0.2) is 8.42 Å². The molecule has 1 aromatic carbocycles. The lowest BCUT2D eigenvalue weighted by Gasteiger charge is -2.13. The summed E-state index contributed by atoms with van der Waals surface area (Å²) < 4.78 is 29.6. The maximum atomic E-state index is 11.7. The molecule has 0 N–H and O–H groups in total. The molecule has 2 rings (SSSR count). The maximum Gasteiger partial charge on any atom is 0.152 e. The molecule has 1 aromatic rings. The summed E-state index contributed by atoms with van der Waals surface area (Å²) in [6.45, 7) is 3.53. The highest BCUT2D eigenvalue weighted by molar-refractivity contribution is 7.91. The molecular weight excluding hydrogens is 332 g/mol. The molecule has 0 bridgehead atoms. The van der Waals surface area contributed by atoms with Crippen LogP contribution in [0.5, 0.6) is 5.75 Å². The summed E-state index contributed by atoms with van der Waals surface area (Å²) in [6.07, 6.45) is 11.7. The third-order valence-electron chi connectivity index (χ3n) is 5.12. The van der Waals surface area contributed by atoms with E-state index in [1.165, 1.54) is 31.2 Å². The Morgan fingerprint density at radius 1 is 1.04 bits per heavy atom. The number of aryl methyl sites for hydroxylation is 1.